The number of carboxylic acid groups (broad SMARTS) is 1. The van der Waals surface area contributed by atoms with Crippen molar-refractivity contribution in [2.45, 2.75) is 32.7 Å². The topological polar surface area (TPSA) is 132 Å². The molecular formula is C31H40FN7O5. The highest BCUT2D eigenvalue weighted by Crippen LogP contribution is 2.34. The zero-order valence-electron chi connectivity index (χ0n) is 25.5. The number of rotatable bonds is 13. The molecule has 1 aliphatic rings. The minimum Gasteiger partial charge on any atom is -0.495 e. The first-order chi connectivity index (χ1) is 21.2. The van der Waals surface area contributed by atoms with E-state index < -0.39 is 11.9 Å². The number of amides is 2. The maximum absolute atomic E-state index is 14.8. The summed E-state index contributed by atoms with van der Waals surface area (Å²) in [7, 11) is 3.50. The molecule has 4 rings (SSSR count). The van der Waals surface area contributed by atoms with E-state index in [1.807, 2.05) is 13.8 Å². The van der Waals surface area contributed by atoms with Gasteiger partial charge in [-0.2, -0.15) is 4.98 Å². The Kier molecular flexibility index (Phi) is 11.3. The monoisotopic (exact) mass is 609 g/mol. The minimum absolute atomic E-state index is 0.0193. The van der Waals surface area contributed by atoms with E-state index >= 15 is 0 Å². The standard InChI is InChI=1S/C31H40FN7O5/c1-5-21(2)34-29(40)22-7-9-25(27(19-22)43-4)39(31(41)42)28-11-12-33-30(36-28)35-23-8-10-26(24(32)20-23)44-18-6-13-38-16-14-37(3)15-17-38/h7-12,19-21H,5-6,13-18H2,1-4H3,(H,34,40)(H,41,42)(H,33,35,36). The second-order valence-corrected chi connectivity index (χ2v) is 10.6. The number of hydrogen-bond donors (Lipinski definition) is 3. The first-order valence-corrected chi connectivity index (χ1v) is 14.6. The van der Waals surface area contributed by atoms with Crippen LogP contribution >= 0.6 is 0 Å². The van der Waals surface area contributed by atoms with Crippen molar-refractivity contribution in [2.75, 3.05) is 63.7 Å². The van der Waals surface area contributed by atoms with E-state index in [2.05, 4.69) is 37.4 Å². The molecule has 1 unspecified atom stereocenters. The molecule has 0 aliphatic carbocycles. The summed E-state index contributed by atoms with van der Waals surface area (Å²) in [6.07, 6.45) is 1.61. The average molecular weight is 610 g/mol. The van der Waals surface area contributed by atoms with E-state index in [1.54, 1.807) is 6.07 Å². The van der Waals surface area contributed by atoms with Gasteiger partial charge in [0.25, 0.3) is 5.91 Å². The van der Waals surface area contributed by atoms with Crippen LogP contribution in [0.3, 0.4) is 0 Å². The number of nitrogens with zero attached hydrogens (tertiary/aromatic N) is 5. The molecule has 3 aromatic rings. The van der Waals surface area contributed by atoms with E-state index in [9.17, 15) is 19.1 Å². The average Bonchev–Trinajstić information content (AvgIpc) is 3.01. The van der Waals surface area contributed by atoms with Crippen molar-refractivity contribution >= 4 is 35.1 Å². The Morgan fingerprint density at radius 2 is 1.89 bits per heavy atom. The lowest BCUT2D eigenvalue weighted by Crippen LogP contribution is -2.44. The third kappa shape index (κ3) is 8.54. The molecule has 2 aromatic carbocycles. The molecule has 236 valence electrons. The van der Waals surface area contributed by atoms with Gasteiger partial charge in [0.15, 0.2) is 11.6 Å². The highest BCUT2D eigenvalue weighted by Gasteiger charge is 2.24. The van der Waals surface area contributed by atoms with Crippen LogP contribution in [0.1, 0.15) is 37.0 Å². The highest BCUT2D eigenvalue weighted by molar-refractivity contribution is 5.99. The Balaban J connectivity index is 1.43. The summed E-state index contributed by atoms with van der Waals surface area (Å²) in [4.78, 5) is 39.1. The quantitative estimate of drug-likeness (QED) is 0.234. The van der Waals surface area contributed by atoms with Crippen molar-refractivity contribution in [1.29, 1.82) is 0 Å². The molecule has 44 heavy (non-hydrogen) atoms. The molecule has 1 aliphatic heterocycles. The Morgan fingerprint density at radius 1 is 1.11 bits per heavy atom. The van der Waals surface area contributed by atoms with E-state index in [4.69, 9.17) is 9.47 Å². The van der Waals surface area contributed by atoms with Gasteiger partial charge < -0.3 is 35.0 Å². The summed E-state index contributed by atoms with van der Waals surface area (Å²) in [6, 6.07) is 10.3. The molecule has 0 saturated carbocycles. The van der Waals surface area contributed by atoms with Crippen molar-refractivity contribution in [3.05, 3.63) is 60.0 Å². The number of anilines is 4. The fourth-order valence-electron chi connectivity index (χ4n) is 4.64. The molecule has 2 amide bonds. The maximum Gasteiger partial charge on any atom is 0.417 e. The molecular weight excluding hydrogens is 569 g/mol. The Bertz CT molecular complexity index is 1430. The lowest BCUT2D eigenvalue weighted by Gasteiger charge is -2.32. The number of ether oxygens (including phenoxy) is 2. The van der Waals surface area contributed by atoms with E-state index in [1.165, 1.54) is 49.7 Å². The highest BCUT2D eigenvalue weighted by atomic mass is 19.1. The van der Waals surface area contributed by atoms with Crippen molar-refractivity contribution < 1.29 is 28.6 Å². The predicted octanol–water partition coefficient (Wildman–Crippen LogP) is 4.73. The van der Waals surface area contributed by atoms with Gasteiger partial charge in [-0.15, -0.1) is 0 Å². The molecule has 1 fully saturated rings. The van der Waals surface area contributed by atoms with Gasteiger partial charge in [0.05, 0.1) is 19.4 Å². The van der Waals surface area contributed by atoms with Crippen LogP contribution in [-0.2, 0) is 0 Å². The summed E-state index contributed by atoms with van der Waals surface area (Å²) < 4.78 is 25.9. The van der Waals surface area contributed by atoms with Crippen LogP contribution in [0.4, 0.5) is 32.3 Å². The van der Waals surface area contributed by atoms with Gasteiger partial charge in [-0.1, -0.05) is 6.92 Å². The van der Waals surface area contributed by atoms with Crippen LogP contribution in [0.25, 0.3) is 0 Å². The summed E-state index contributed by atoms with van der Waals surface area (Å²) >= 11 is 0. The summed E-state index contributed by atoms with van der Waals surface area (Å²) in [5.74, 6) is -0.454. The van der Waals surface area contributed by atoms with Gasteiger partial charge >= 0.3 is 6.09 Å². The fourth-order valence-corrected chi connectivity index (χ4v) is 4.64. The molecule has 0 spiro atoms. The maximum atomic E-state index is 14.8. The molecule has 12 nitrogen and oxygen atoms in total. The number of methoxy groups -OCH3 is 1. The third-order valence-electron chi connectivity index (χ3n) is 7.39. The zero-order valence-corrected chi connectivity index (χ0v) is 25.5. The van der Waals surface area contributed by atoms with Crippen LogP contribution < -0.4 is 25.0 Å². The lowest BCUT2D eigenvalue weighted by molar-refractivity contribution is 0.0939. The molecule has 1 saturated heterocycles. The number of carbonyl (C=O) groups is 2. The van der Waals surface area contributed by atoms with Gasteiger partial charge in [-0.3, -0.25) is 4.79 Å². The number of nitrogens with one attached hydrogen (secondary N) is 2. The van der Waals surface area contributed by atoms with Crippen molar-refractivity contribution in [3.63, 3.8) is 0 Å². The van der Waals surface area contributed by atoms with Gasteiger partial charge in [-0.25, -0.2) is 19.1 Å². The number of benzene rings is 2. The summed E-state index contributed by atoms with van der Waals surface area (Å²) in [6.45, 7) is 9.30. The number of piperazine rings is 1. The molecule has 13 heteroatoms. The lowest BCUT2D eigenvalue weighted by atomic mass is 10.1. The van der Waals surface area contributed by atoms with Crippen molar-refractivity contribution in [2.24, 2.45) is 0 Å². The SMILES string of the molecule is CCC(C)NC(=O)c1ccc(N(C(=O)O)c2ccnc(Nc3ccc(OCCCN4CCN(C)CC4)c(F)c3)n2)c(OC)c1. The summed E-state index contributed by atoms with van der Waals surface area (Å²) in [5, 5.41) is 15.9. The van der Waals surface area contributed by atoms with Crippen LogP contribution in [0.5, 0.6) is 11.5 Å². The minimum atomic E-state index is -1.33. The molecule has 2 heterocycles. The zero-order chi connectivity index (χ0) is 31.6. The van der Waals surface area contributed by atoms with Crippen molar-refractivity contribution in [1.82, 2.24) is 25.1 Å². The van der Waals surface area contributed by atoms with Gasteiger partial charge in [0.2, 0.25) is 5.95 Å². The third-order valence-corrected chi connectivity index (χ3v) is 7.39. The van der Waals surface area contributed by atoms with Gasteiger partial charge in [-0.05, 0) is 57.1 Å². The second kappa shape index (κ2) is 15.3. The molecule has 0 radical (unpaired) electrons. The number of aromatic nitrogens is 2. The van der Waals surface area contributed by atoms with Crippen LogP contribution in [0.2, 0.25) is 0 Å². The van der Waals surface area contributed by atoms with Crippen LogP contribution in [-0.4, -0.2) is 96.4 Å². The fraction of sp³-hybridized carbons (Fsp3) is 0.419. The molecule has 0 bridgehead atoms. The molecule has 3 N–H and O–H groups in total. The first-order valence-electron chi connectivity index (χ1n) is 14.6. The number of hydrogen-bond acceptors (Lipinski definition) is 9. The largest absolute Gasteiger partial charge is 0.495 e. The Labute approximate surface area is 256 Å². The Hall–Kier alpha value is -4.49. The number of halogens is 1. The van der Waals surface area contributed by atoms with Gasteiger partial charge in [0, 0.05) is 68.3 Å². The van der Waals surface area contributed by atoms with E-state index in [0.717, 1.165) is 50.5 Å². The smallest absolute Gasteiger partial charge is 0.417 e. The van der Waals surface area contributed by atoms with E-state index in [-0.39, 0.29) is 40.9 Å². The van der Waals surface area contributed by atoms with Crippen LogP contribution in [0.15, 0.2) is 48.7 Å². The Morgan fingerprint density at radius 3 is 2.57 bits per heavy atom. The predicted molar refractivity (Wildman–Crippen MR) is 166 cm³/mol. The number of carbonyl (C=O) groups excluding carboxylic acids is 1. The molecule has 1 aromatic heterocycles. The van der Waals surface area contributed by atoms with Crippen LogP contribution in [0, 0.1) is 5.82 Å². The summed E-state index contributed by atoms with van der Waals surface area (Å²) in [5.41, 5.74) is 0.844. The number of likely N-dealkylation sites (N-methyl/N-ethyl adjacent to an activating group) is 1. The first kappa shape index (κ1) is 32.4. The van der Waals surface area contributed by atoms with Crippen molar-refractivity contribution in [3.8, 4) is 11.5 Å². The molecule has 1 atom stereocenters. The van der Waals surface area contributed by atoms with Gasteiger partial charge in [0.1, 0.15) is 11.6 Å². The normalized spacial score (nSPS) is 14.5. The van der Waals surface area contributed by atoms with E-state index in [0.29, 0.717) is 17.9 Å². The second-order valence-electron chi connectivity index (χ2n) is 10.6.